The molecule has 0 aromatic heterocycles. The molecule has 1 fully saturated rings. The Morgan fingerprint density at radius 3 is 2.80 bits per heavy atom. The Labute approximate surface area is 92.5 Å². The average molecular weight is 210 g/mol. The van der Waals surface area contributed by atoms with E-state index in [1.165, 1.54) is 6.42 Å². The van der Waals surface area contributed by atoms with Crippen LogP contribution < -0.4 is 5.32 Å². The zero-order chi connectivity index (χ0) is 11.3. The monoisotopic (exact) mass is 210 g/mol. The minimum Gasteiger partial charge on any atom is -0.396 e. The van der Waals surface area contributed by atoms with Gasteiger partial charge in [0.25, 0.3) is 0 Å². The van der Waals surface area contributed by atoms with E-state index in [4.69, 9.17) is 10.4 Å². The molecule has 2 unspecified atom stereocenters. The molecule has 0 saturated heterocycles. The molecular weight excluding hydrogens is 188 g/mol. The van der Waals surface area contributed by atoms with Crippen LogP contribution >= 0.6 is 0 Å². The smallest absolute Gasteiger partial charge is 0.0684 e. The van der Waals surface area contributed by atoms with Gasteiger partial charge in [-0.15, -0.1) is 0 Å². The van der Waals surface area contributed by atoms with Crippen LogP contribution in [0.15, 0.2) is 0 Å². The molecule has 0 bridgehead atoms. The largest absolute Gasteiger partial charge is 0.396 e. The minimum atomic E-state index is -0.236. The van der Waals surface area contributed by atoms with Crippen LogP contribution in [0.3, 0.4) is 0 Å². The number of aliphatic hydroxyl groups is 1. The molecule has 86 valence electrons. The Hall–Kier alpha value is -0.590. The van der Waals surface area contributed by atoms with Gasteiger partial charge in [0.15, 0.2) is 0 Å². The Morgan fingerprint density at radius 1 is 1.47 bits per heavy atom. The Bertz CT molecular complexity index is 232. The molecule has 2 N–H and O–H groups in total. The maximum Gasteiger partial charge on any atom is 0.0684 e. The second-order valence-corrected chi connectivity index (χ2v) is 5.18. The van der Waals surface area contributed by atoms with Crippen LogP contribution in [0.5, 0.6) is 0 Å². The molecular formula is C12H22N2O. The van der Waals surface area contributed by atoms with Crippen molar-refractivity contribution >= 4 is 0 Å². The van der Waals surface area contributed by atoms with Crippen molar-refractivity contribution in [3.63, 3.8) is 0 Å². The van der Waals surface area contributed by atoms with Crippen LogP contribution in [0.1, 0.15) is 39.5 Å². The molecule has 0 radical (unpaired) electrons. The maximum atomic E-state index is 9.15. The van der Waals surface area contributed by atoms with Gasteiger partial charge in [-0.05, 0) is 45.6 Å². The van der Waals surface area contributed by atoms with E-state index >= 15 is 0 Å². The van der Waals surface area contributed by atoms with Gasteiger partial charge < -0.3 is 10.4 Å². The first-order valence-corrected chi connectivity index (χ1v) is 5.84. The quantitative estimate of drug-likeness (QED) is 0.726. The number of hydrogen-bond donors (Lipinski definition) is 2. The van der Waals surface area contributed by atoms with Crippen molar-refractivity contribution in [2.24, 2.45) is 11.3 Å². The highest BCUT2D eigenvalue weighted by molar-refractivity contribution is 4.92. The summed E-state index contributed by atoms with van der Waals surface area (Å²) in [5.41, 5.74) is -0.236. The highest BCUT2D eigenvalue weighted by atomic mass is 16.3. The van der Waals surface area contributed by atoms with E-state index in [9.17, 15) is 0 Å². The molecule has 3 heteroatoms. The van der Waals surface area contributed by atoms with Gasteiger partial charge in [-0.3, -0.25) is 0 Å². The first-order chi connectivity index (χ1) is 7.09. The Morgan fingerprint density at radius 2 is 2.20 bits per heavy atom. The van der Waals surface area contributed by atoms with Crippen molar-refractivity contribution in [3.05, 3.63) is 0 Å². The van der Waals surface area contributed by atoms with Gasteiger partial charge in [-0.1, -0.05) is 6.42 Å². The van der Waals surface area contributed by atoms with Crippen molar-refractivity contribution < 1.29 is 5.11 Å². The molecule has 0 spiro atoms. The van der Waals surface area contributed by atoms with Crippen molar-refractivity contribution in [1.29, 1.82) is 5.26 Å². The van der Waals surface area contributed by atoms with Gasteiger partial charge in [0.1, 0.15) is 0 Å². The molecule has 15 heavy (non-hydrogen) atoms. The molecule has 1 aliphatic rings. The standard InChI is InChI=1S/C12H22N2O/c1-12(2,9-13)6-7-14-11-5-3-4-10(11)8-15/h10-11,14-15H,3-8H2,1-2H3. The average Bonchev–Trinajstić information content (AvgIpc) is 2.65. The van der Waals surface area contributed by atoms with Gasteiger partial charge in [0, 0.05) is 12.6 Å². The lowest BCUT2D eigenvalue weighted by Crippen LogP contribution is -2.36. The number of nitrogens with one attached hydrogen (secondary N) is 1. The molecule has 3 nitrogen and oxygen atoms in total. The number of rotatable bonds is 5. The van der Waals surface area contributed by atoms with E-state index < -0.39 is 0 Å². The summed E-state index contributed by atoms with van der Waals surface area (Å²) < 4.78 is 0. The first-order valence-electron chi connectivity index (χ1n) is 5.84. The lowest BCUT2D eigenvalue weighted by Gasteiger charge is -2.21. The van der Waals surface area contributed by atoms with E-state index in [0.29, 0.717) is 18.6 Å². The summed E-state index contributed by atoms with van der Waals surface area (Å²) in [6.07, 6.45) is 4.39. The van der Waals surface area contributed by atoms with Crippen LogP contribution in [0, 0.1) is 22.7 Å². The number of hydrogen-bond acceptors (Lipinski definition) is 3. The molecule has 0 amide bonds. The maximum absolute atomic E-state index is 9.15. The lowest BCUT2D eigenvalue weighted by atomic mass is 9.91. The SMILES string of the molecule is CC(C)(C#N)CCNC1CCCC1CO. The van der Waals surface area contributed by atoms with Gasteiger partial charge in [0.2, 0.25) is 0 Å². The number of nitrogens with zero attached hydrogens (tertiary/aromatic N) is 1. The van der Waals surface area contributed by atoms with Gasteiger partial charge in [-0.2, -0.15) is 5.26 Å². The summed E-state index contributed by atoms with van der Waals surface area (Å²) in [5, 5.41) is 21.5. The van der Waals surface area contributed by atoms with Crippen molar-refractivity contribution in [2.45, 2.75) is 45.6 Å². The summed E-state index contributed by atoms with van der Waals surface area (Å²) in [4.78, 5) is 0. The van der Waals surface area contributed by atoms with Crippen molar-refractivity contribution in [3.8, 4) is 6.07 Å². The van der Waals surface area contributed by atoms with Crippen LogP contribution in [-0.4, -0.2) is 24.3 Å². The van der Waals surface area contributed by atoms with E-state index in [1.54, 1.807) is 0 Å². The summed E-state index contributed by atoms with van der Waals surface area (Å²) in [6.45, 7) is 5.10. The highest BCUT2D eigenvalue weighted by Crippen LogP contribution is 2.25. The fraction of sp³-hybridized carbons (Fsp3) is 0.917. The predicted molar refractivity (Wildman–Crippen MR) is 60.2 cm³/mol. The molecule has 0 aliphatic heterocycles. The third-order valence-electron chi connectivity index (χ3n) is 3.35. The molecule has 1 aliphatic carbocycles. The van der Waals surface area contributed by atoms with E-state index in [-0.39, 0.29) is 5.41 Å². The van der Waals surface area contributed by atoms with Crippen LogP contribution in [0.4, 0.5) is 0 Å². The third-order valence-corrected chi connectivity index (χ3v) is 3.35. The molecule has 0 aromatic rings. The number of aliphatic hydroxyl groups excluding tert-OH is 1. The van der Waals surface area contributed by atoms with Crippen molar-refractivity contribution in [2.75, 3.05) is 13.2 Å². The number of nitriles is 1. The summed E-state index contributed by atoms with van der Waals surface area (Å²) >= 11 is 0. The second-order valence-electron chi connectivity index (χ2n) is 5.18. The van der Waals surface area contributed by atoms with Crippen molar-refractivity contribution in [1.82, 2.24) is 5.32 Å². The fourth-order valence-electron chi connectivity index (χ4n) is 2.15. The Kier molecular flexibility index (Phi) is 4.56. The lowest BCUT2D eigenvalue weighted by molar-refractivity contribution is 0.204. The van der Waals surface area contributed by atoms with Gasteiger partial charge >= 0.3 is 0 Å². The fourth-order valence-corrected chi connectivity index (χ4v) is 2.15. The highest BCUT2D eigenvalue weighted by Gasteiger charge is 2.26. The van der Waals surface area contributed by atoms with E-state index in [1.807, 2.05) is 13.8 Å². The summed E-state index contributed by atoms with van der Waals surface area (Å²) in [6, 6.07) is 2.77. The van der Waals surface area contributed by atoms with E-state index in [0.717, 1.165) is 25.8 Å². The van der Waals surface area contributed by atoms with Crippen LogP contribution in [-0.2, 0) is 0 Å². The second kappa shape index (κ2) is 5.48. The topological polar surface area (TPSA) is 56.0 Å². The minimum absolute atomic E-state index is 0.236. The van der Waals surface area contributed by atoms with Crippen LogP contribution in [0.25, 0.3) is 0 Å². The molecule has 2 atom stereocenters. The Balaban J connectivity index is 2.23. The zero-order valence-electron chi connectivity index (χ0n) is 9.79. The zero-order valence-corrected chi connectivity index (χ0v) is 9.79. The van der Waals surface area contributed by atoms with Gasteiger partial charge in [-0.25, -0.2) is 0 Å². The summed E-state index contributed by atoms with van der Waals surface area (Å²) in [7, 11) is 0. The first kappa shape index (κ1) is 12.5. The molecule has 0 aromatic carbocycles. The normalized spacial score (nSPS) is 26.5. The van der Waals surface area contributed by atoms with Gasteiger partial charge in [0.05, 0.1) is 11.5 Å². The predicted octanol–water partition coefficient (Wildman–Crippen LogP) is 1.68. The third kappa shape index (κ3) is 3.81. The van der Waals surface area contributed by atoms with Crippen LogP contribution in [0.2, 0.25) is 0 Å². The molecule has 1 rings (SSSR count). The summed E-state index contributed by atoms with van der Waals surface area (Å²) in [5.74, 6) is 0.426. The van der Waals surface area contributed by atoms with E-state index in [2.05, 4.69) is 11.4 Å². The molecule has 1 saturated carbocycles. The molecule has 0 heterocycles.